The van der Waals surface area contributed by atoms with Crippen molar-refractivity contribution in [2.24, 2.45) is 5.92 Å². The van der Waals surface area contributed by atoms with Gasteiger partial charge in [-0.3, -0.25) is 4.79 Å². The standard InChI is InChI=1S/C18H20N2O3/c1-12-10-15(12)17-8-7-14(23-17)11-19(13-5-6-13)18(21)16-4-2-3-9-20(16)22/h2-4,7-9,12-13,15H,5-6,10-11H2,1H3/t12-,15+/m1/s1. The zero-order valence-electron chi connectivity index (χ0n) is 13.1. The molecule has 2 heterocycles. The third-order valence-corrected chi connectivity index (χ3v) is 4.78. The summed E-state index contributed by atoms with van der Waals surface area (Å²) in [4.78, 5) is 14.5. The van der Waals surface area contributed by atoms with Crippen LogP contribution in [0, 0.1) is 11.1 Å². The molecule has 0 aliphatic heterocycles. The van der Waals surface area contributed by atoms with Gasteiger partial charge in [0.2, 0.25) is 0 Å². The number of rotatable bonds is 5. The van der Waals surface area contributed by atoms with Crippen molar-refractivity contribution in [3.63, 3.8) is 0 Å². The Labute approximate surface area is 135 Å². The molecule has 0 N–H and O–H groups in total. The molecule has 0 unspecified atom stereocenters. The van der Waals surface area contributed by atoms with E-state index in [1.807, 2.05) is 12.1 Å². The molecule has 2 fully saturated rings. The van der Waals surface area contributed by atoms with Crippen molar-refractivity contribution in [2.75, 3.05) is 0 Å². The van der Waals surface area contributed by atoms with Crippen LogP contribution in [-0.2, 0) is 6.54 Å². The Morgan fingerprint density at radius 1 is 1.35 bits per heavy atom. The number of hydrogen-bond acceptors (Lipinski definition) is 3. The van der Waals surface area contributed by atoms with Crippen molar-refractivity contribution in [3.8, 4) is 0 Å². The molecule has 0 aromatic carbocycles. The first-order valence-electron chi connectivity index (χ1n) is 8.21. The number of carbonyl (C=O) groups excluding carboxylic acids is 1. The molecule has 23 heavy (non-hydrogen) atoms. The van der Waals surface area contributed by atoms with Crippen LogP contribution in [0.15, 0.2) is 40.9 Å². The SMILES string of the molecule is C[C@@H]1C[C@@H]1c1ccc(CN(C(=O)c2cccc[n+]2[O-])C2CC2)o1. The largest absolute Gasteiger partial charge is 0.618 e. The lowest BCUT2D eigenvalue weighted by molar-refractivity contribution is -0.608. The van der Waals surface area contributed by atoms with Gasteiger partial charge in [-0.2, -0.15) is 4.73 Å². The lowest BCUT2D eigenvalue weighted by atomic mass is 10.2. The minimum absolute atomic E-state index is 0.169. The first-order chi connectivity index (χ1) is 11.1. The number of amides is 1. The molecule has 5 nitrogen and oxygen atoms in total. The number of pyridine rings is 1. The van der Waals surface area contributed by atoms with Gasteiger partial charge in [0.15, 0.2) is 6.20 Å². The molecule has 1 amide bonds. The highest BCUT2D eigenvalue weighted by Gasteiger charge is 2.38. The van der Waals surface area contributed by atoms with E-state index in [0.29, 0.717) is 23.1 Å². The van der Waals surface area contributed by atoms with E-state index in [0.717, 1.165) is 24.4 Å². The third-order valence-electron chi connectivity index (χ3n) is 4.78. The normalized spacial score (nSPS) is 22.8. The van der Waals surface area contributed by atoms with Gasteiger partial charge in [-0.25, -0.2) is 0 Å². The molecular weight excluding hydrogens is 292 g/mol. The quantitative estimate of drug-likeness (QED) is 0.630. The lowest BCUT2D eigenvalue weighted by Crippen LogP contribution is -2.42. The summed E-state index contributed by atoms with van der Waals surface area (Å²) < 4.78 is 6.56. The van der Waals surface area contributed by atoms with E-state index in [1.165, 1.54) is 12.6 Å². The van der Waals surface area contributed by atoms with E-state index in [1.54, 1.807) is 23.1 Å². The monoisotopic (exact) mass is 312 g/mol. The number of nitrogens with zero attached hydrogens (tertiary/aromatic N) is 2. The molecule has 0 spiro atoms. The fourth-order valence-electron chi connectivity index (χ4n) is 3.06. The number of hydrogen-bond donors (Lipinski definition) is 0. The van der Waals surface area contributed by atoms with Gasteiger partial charge in [0.05, 0.1) is 6.54 Å². The summed E-state index contributed by atoms with van der Waals surface area (Å²) in [6, 6.07) is 9.11. The van der Waals surface area contributed by atoms with Gasteiger partial charge in [0.25, 0.3) is 5.69 Å². The Morgan fingerprint density at radius 3 is 2.78 bits per heavy atom. The molecule has 2 saturated carbocycles. The topological polar surface area (TPSA) is 60.4 Å². The van der Waals surface area contributed by atoms with Crippen LogP contribution in [0.5, 0.6) is 0 Å². The van der Waals surface area contributed by atoms with Gasteiger partial charge in [0.1, 0.15) is 11.5 Å². The summed E-state index contributed by atoms with van der Waals surface area (Å²) in [6.07, 6.45) is 4.52. The maximum atomic E-state index is 12.7. The van der Waals surface area contributed by atoms with E-state index in [4.69, 9.17) is 4.42 Å². The summed E-state index contributed by atoms with van der Waals surface area (Å²) in [7, 11) is 0. The number of furan rings is 1. The van der Waals surface area contributed by atoms with Gasteiger partial charge in [-0.1, -0.05) is 6.92 Å². The maximum Gasteiger partial charge on any atom is 0.320 e. The van der Waals surface area contributed by atoms with E-state index in [-0.39, 0.29) is 17.6 Å². The molecule has 2 aromatic heterocycles. The predicted octanol–water partition coefficient (Wildman–Crippen LogP) is 2.84. The molecule has 2 aliphatic carbocycles. The lowest BCUT2D eigenvalue weighted by Gasteiger charge is -2.20. The third kappa shape index (κ3) is 2.83. The Bertz CT molecular complexity index is 735. The van der Waals surface area contributed by atoms with Crippen LogP contribution in [0.2, 0.25) is 0 Å². The summed E-state index contributed by atoms with van der Waals surface area (Å²) in [6.45, 7) is 2.65. The van der Waals surface area contributed by atoms with Crippen LogP contribution in [0.4, 0.5) is 0 Å². The molecule has 120 valence electrons. The van der Waals surface area contributed by atoms with Crippen LogP contribution >= 0.6 is 0 Å². The smallest absolute Gasteiger partial charge is 0.320 e. The summed E-state index contributed by atoms with van der Waals surface area (Å²) in [5.41, 5.74) is 0.169. The van der Waals surface area contributed by atoms with Crippen LogP contribution in [0.3, 0.4) is 0 Å². The van der Waals surface area contributed by atoms with E-state index >= 15 is 0 Å². The van der Waals surface area contributed by atoms with Crippen molar-refractivity contribution < 1.29 is 13.9 Å². The van der Waals surface area contributed by atoms with Gasteiger partial charge < -0.3 is 14.5 Å². The Balaban J connectivity index is 1.53. The molecule has 4 rings (SSSR count). The van der Waals surface area contributed by atoms with E-state index < -0.39 is 0 Å². The van der Waals surface area contributed by atoms with Gasteiger partial charge in [0, 0.05) is 24.1 Å². The molecule has 2 atom stereocenters. The van der Waals surface area contributed by atoms with E-state index in [9.17, 15) is 10.0 Å². The highest BCUT2D eigenvalue weighted by molar-refractivity contribution is 5.91. The summed E-state index contributed by atoms with van der Waals surface area (Å²) >= 11 is 0. The number of carbonyl (C=O) groups is 1. The summed E-state index contributed by atoms with van der Waals surface area (Å²) in [5, 5.41) is 11.8. The van der Waals surface area contributed by atoms with Crippen molar-refractivity contribution in [1.29, 1.82) is 0 Å². The van der Waals surface area contributed by atoms with Gasteiger partial charge >= 0.3 is 5.91 Å². The molecule has 0 radical (unpaired) electrons. The average Bonchev–Trinajstić information content (AvgIpc) is 3.46. The molecule has 0 saturated heterocycles. The van der Waals surface area contributed by atoms with Crippen LogP contribution in [0.1, 0.15) is 54.1 Å². The van der Waals surface area contributed by atoms with Crippen LogP contribution in [-0.4, -0.2) is 16.8 Å². The average molecular weight is 312 g/mol. The first-order valence-corrected chi connectivity index (χ1v) is 8.21. The first kappa shape index (κ1) is 14.3. The molecule has 5 heteroatoms. The second-order valence-corrected chi connectivity index (χ2v) is 6.70. The minimum atomic E-state index is -0.221. The number of aromatic nitrogens is 1. The fraction of sp³-hybridized carbons (Fsp3) is 0.444. The molecule has 2 aliphatic rings. The Morgan fingerprint density at radius 2 is 2.13 bits per heavy atom. The highest BCUT2D eigenvalue weighted by atomic mass is 16.5. The fourth-order valence-corrected chi connectivity index (χ4v) is 3.06. The van der Waals surface area contributed by atoms with Gasteiger partial charge in [-0.15, -0.1) is 0 Å². The van der Waals surface area contributed by atoms with E-state index in [2.05, 4.69) is 6.92 Å². The molecule has 2 aromatic rings. The second-order valence-electron chi connectivity index (χ2n) is 6.70. The predicted molar refractivity (Wildman–Crippen MR) is 83.5 cm³/mol. The Kier molecular flexibility index (Phi) is 3.36. The van der Waals surface area contributed by atoms with Crippen molar-refractivity contribution in [1.82, 2.24) is 4.90 Å². The highest BCUT2D eigenvalue weighted by Crippen LogP contribution is 2.47. The second kappa shape index (κ2) is 5.41. The zero-order chi connectivity index (χ0) is 16.0. The van der Waals surface area contributed by atoms with Crippen LogP contribution in [0.25, 0.3) is 0 Å². The zero-order valence-corrected chi connectivity index (χ0v) is 13.1. The van der Waals surface area contributed by atoms with Crippen molar-refractivity contribution in [2.45, 2.75) is 44.7 Å². The van der Waals surface area contributed by atoms with Crippen molar-refractivity contribution in [3.05, 3.63) is 59.0 Å². The maximum absolute atomic E-state index is 12.7. The van der Waals surface area contributed by atoms with Crippen LogP contribution < -0.4 is 4.73 Å². The van der Waals surface area contributed by atoms with Gasteiger partial charge in [-0.05, 0) is 43.4 Å². The molecule has 0 bridgehead atoms. The summed E-state index contributed by atoms with van der Waals surface area (Å²) in [5.74, 6) is 2.83. The molecular formula is C18H20N2O3. The Hall–Kier alpha value is -2.30. The van der Waals surface area contributed by atoms with Crippen molar-refractivity contribution >= 4 is 5.91 Å². The minimum Gasteiger partial charge on any atom is -0.618 e.